The van der Waals surface area contributed by atoms with Gasteiger partial charge in [0.05, 0.1) is 5.69 Å². The second kappa shape index (κ2) is 6.14. The molecule has 1 aromatic heterocycles. The van der Waals surface area contributed by atoms with Crippen LogP contribution in [0.1, 0.15) is 68.8 Å². The van der Waals surface area contributed by atoms with E-state index in [0.717, 1.165) is 36.4 Å². The molecule has 0 aromatic carbocycles. The fourth-order valence-corrected chi connectivity index (χ4v) is 6.56. The summed E-state index contributed by atoms with van der Waals surface area (Å²) in [6.07, 6.45) is 9.03. The van der Waals surface area contributed by atoms with E-state index in [0.29, 0.717) is 17.9 Å². The second-order valence-electron chi connectivity index (χ2n) is 9.31. The highest BCUT2D eigenvalue weighted by molar-refractivity contribution is 5.76. The molecule has 138 valence electrons. The summed E-state index contributed by atoms with van der Waals surface area (Å²) >= 11 is 0. The van der Waals surface area contributed by atoms with Crippen molar-refractivity contribution in [3.63, 3.8) is 0 Å². The highest BCUT2D eigenvalue weighted by atomic mass is 16.2. The third-order valence-electron chi connectivity index (χ3n) is 7.34. The van der Waals surface area contributed by atoms with Crippen LogP contribution in [0.25, 0.3) is 0 Å². The van der Waals surface area contributed by atoms with Crippen molar-refractivity contribution in [2.24, 2.45) is 23.2 Å². The third-order valence-corrected chi connectivity index (χ3v) is 7.34. The maximum atomic E-state index is 13.0. The molecule has 4 aliphatic carbocycles. The quantitative estimate of drug-likeness (QED) is 0.808. The maximum absolute atomic E-state index is 13.0. The average Bonchev–Trinajstić information content (AvgIpc) is 2.80. The Bertz CT molecular complexity index is 640. The van der Waals surface area contributed by atoms with Gasteiger partial charge >= 0.3 is 0 Å². The molecule has 4 fully saturated rings. The third kappa shape index (κ3) is 3.02. The van der Waals surface area contributed by atoms with Gasteiger partial charge in [-0.3, -0.25) is 9.48 Å². The van der Waals surface area contributed by atoms with E-state index >= 15 is 0 Å². The molecule has 0 aliphatic heterocycles. The minimum Gasteiger partial charge on any atom is -0.341 e. The largest absolute Gasteiger partial charge is 0.341 e. The van der Waals surface area contributed by atoms with Crippen LogP contribution in [-0.4, -0.2) is 27.6 Å². The predicted molar refractivity (Wildman–Crippen MR) is 99.1 cm³/mol. The number of carbonyl (C=O) groups is 1. The molecule has 4 nitrogen and oxygen atoms in total. The van der Waals surface area contributed by atoms with E-state index in [1.807, 2.05) is 16.6 Å². The Kier molecular flexibility index (Phi) is 4.20. The van der Waals surface area contributed by atoms with E-state index in [1.54, 1.807) is 0 Å². The van der Waals surface area contributed by atoms with E-state index in [9.17, 15) is 4.79 Å². The highest BCUT2D eigenvalue weighted by Gasteiger charge is 2.51. The van der Waals surface area contributed by atoms with Crippen LogP contribution in [0, 0.1) is 37.0 Å². The van der Waals surface area contributed by atoms with Gasteiger partial charge in [-0.2, -0.15) is 5.10 Å². The number of amides is 1. The molecule has 1 amide bonds. The van der Waals surface area contributed by atoms with Crippen LogP contribution in [0.2, 0.25) is 0 Å². The molecule has 1 aromatic rings. The van der Waals surface area contributed by atoms with Gasteiger partial charge in [-0.1, -0.05) is 0 Å². The van der Waals surface area contributed by atoms with Crippen molar-refractivity contribution in [2.75, 3.05) is 7.05 Å². The normalized spacial score (nSPS) is 33.0. The number of hydrogen-bond donors (Lipinski definition) is 0. The molecule has 4 aliphatic rings. The first-order chi connectivity index (χ1) is 11.9. The fourth-order valence-electron chi connectivity index (χ4n) is 6.56. The number of aromatic nitrogens is 2. The molecule has 25 heavy (non-hydrogen) atoms. The Morgan fingerprint density at radius 1 is 1.16 bits per heavy atom. The minimum atomic E-state index is 0.331. The first-order valence-electron chi connectivity index (χ1n) is 10.2. The summed E-state index contributed by atoms with van der Waals surface area (Å²) in [5.74, 6) is 3.08. The van der Waals surface area contributed by atoms with Crippen molar-refractivity contribution in [1.82, 2.24) is 14.7 Å². The van der Waals surface area contributed by atoms with Crippen LogP contribution in [0.15, 0.2) is 0 Å². The number of nitrogens with zero attached hydrogens (tertiary/aromatic N) is 3. The van der Waals surface area contributed by atoms with Gasteiger partial charge in [0.1, 0.15) is 0 Å². The van der Waals surface area contributed by atoms with Crippen LogP contribution >= 0.6 is 0 Å². The van der Waals surface area contributed by atoms with Gasteiger partial charge in [-0.25, -0.2) is 0 Å². The summed E-state index contributed by atoms with van der Waals surface area (Å²) in [6, 6.07) is 0. The van der Waals surface area contributed by atoms with E-state index in [2.05, 4.69) is 25.9 Å². The number of rotatable bonds is 5. The molecule has 0 radical (unpaired) electrons. The molecular weight excluding hydrogens is 310 g/mol. The molecule has 0 spiro atoms. The molecule has 1 heterocycles. The van der Waals surface area contributed by atoms with Gasteiger partial charge in [0.15, 0.2) is 0 Å². The van der Waals surface area contributed by atoms with Crippen LogP contribution < -0.4 is 0 Å². The van der Waals surface area contributed by atoms with Crippen LogP contribution in [-0.2, 0) is 17.9 Å². The van der Waals surface area contributed by atoms with Crippen molar-refractivity contribution in [3.8, 4) is 0 Å². The SMILES string of the molecule is CCn1nc(C)c(CN(C)C(=O)CC23CC4CC(CC(C4)C2)C3)c1C. The number of aryl methyl sites for hydroxylation is 2. The summed E-state index contributed by atoms with van der Waals surface area (Å²) in [7, 11) is 1.98. The fraction of sp³-hybridized carbons (Fsp3) is 0.810. The first kappa shape index (κ1) is 17.1. The lowest BCUT2D eigenvalue weighted by Gasteiger charge is -2.56. The molecule has 4 bridgehead atoms. The Morgan fingerprint density at radius 3 is 2.20 bits per heavy atom. The van der Waals surface area contributed by atoms with Crippen molar-refractivity contribution in [2.45, 2.75) is 78.8 Å². The summed E-state index contributed by atoms with van der Waals surface area (Å²) in [5.41, 5.74) is 3.82. The van der Waals surface area contributed by atoms with Crippen molar-refractivity contribution < 1.29 is 4.79 Å². The average molecular weight is 344 g/mol. The topological polar surface area (TPSA) is 38.1 Å². The highest BCUT2D eigenvalue weighted by Crippen LogP contribution is 2.61. The lowest BCUT2D eigenvalue weighted by Crippen LogP contribution is -2.48. The Hall–Kier alpha value is -1.32. The molecule has 0 unspecified atom stereocenters. The predicted octanol–water partition coefficient (Wildman–Crippen LogP) is 4.08. The van der Waals surface area contributed by atoms with Crippen molar-refractivity contribution in [3.05, 3.63) is 17.0 Å². The summed E-state index contributed by atoms with van der Waals surface area (Å²) in [6.45, 7) is 7.88. The molecule has 0 N–H and O–H groups in total. The molecular formula is C21H33N3O. The van der Waals surface area contributed by atoms with E-state index < -0.39 is 0 Å². The molecule has 5 rings (SSSR count). The van der Waals surface area contributed by atoms with Crippen molar-refractivity contribution >= 4 is 5.91 Å². The zero-order chi connectivity index (χ0) is 17.8. The first-order valence-corrected chi connectivity index (χ1v) is 10.2. The van der Waals surface area contributed by atoms with Crippen LogP contribution in [0.4, 0.5) is 0 Å². The van der Waals surface area contributed by atoms with E-state index in [1.165, 1.54) is 49.8 Å². The Morgan fingerprint density at radius 2 is 1.72 bits per heavy atom. The van der Waals surface area contributed by atoms with Gasteiger partial charge in [-0.15, -0.1) is 0 Å². The molecule has 0 saturated heterocycles. The van der Waals surface area contributed by atoms with Gasteiger partial charge < -0.3 is 4.90 Å². The van der Waals surface area contributed by atoms with E-state index in [4.69, 9.17) is 0 Å². The summed E-state index contributed by atoms with van der Waals surface area (Å²) in [4.78, 5) is 15.0. The van der Waals surface area contributed by atoms with Gasteiger partial charge in [-0.05, 0) is 82.5 Å². The lowest BCUT2D eigenvalue weighted by atomic mass is 9.49. The Labute approximate surface area is 152 Å². The Balaban J connectivity index is 1.44. The molecule has 0 atom stereocenters. The smallest absolute Gasteiger partial charge is 0.223 e. The monoisotopic (exact) mass is 343 g/mol. The van der Waals surface area contributed by atoms with Crippen LogP contribution in [0.5, 0.6) is 0 Å². The zero-order valence-corrected chi connectivity index (χ0v) is 16.3. The van der Waals surface area contributed by atoms with Gasteiger partial charge in [0.2, 0.25) is 5.91 Å². The maximum Gasteiger partial charge on any atom is 0.223 e. The number of carbonyl (C=O) groups excluding carboxylic acids is 1. The summed E-state index contributed by atoms with van der Waals surface area (Å²) < 4.78 is 2.04. The van der Waals surface area contributed by atoms with E-state index in [-0.39, 0.29) is 0 Å². The van der Waals surface area contributed by atoms with Gasteiger partial charge in [0, 0.05) is 37.8 Å². The lowest BCUT2D eigenvalue weighted by molar-refractivity contribution is -0.138. The summed E-state index contributed by atoms with van der Waals surface area (Å²) in [5, 5.41) is 4.60. The van der Waals surface area contributed by atoms with Crippen LogP contribution in [0.3, 0.4) is 0 Å². The zero-order valence-electron chi connectivity index (χ0n) is 16.3. The van der Waals surface area contributed by atoms with Gasteiger partial charge in [0.25, 0.3) is 0 Å². The number of hydrogen-bond acceptors (Lipinski definition) is 2. The van der Waals surface area contributed by atoms with Crippen molar-refractivity contribution in [1.29, 1.82) is 0 Å². The second-order valence-corrected chi connectivity index (χ2v) is 9.31. The minimum absolute atomic E-state index is 0.331. The molecule has 4 heteroatoms. The molecule has 4 saturated carbocycles. The standard InChI is InChI=1S/C21H33N3O/c1-5-24-15(3)19(14(2)22-24)13-23(4)20(25)12-21-9-16-6-17(10-21)8-18(7-16)11-21/h16-18H,5-13H2,1-4H3.